The van der Waals surface area contributed by atoms with E-state index >= 15 is 0 Å². The molecule has 0 fully saturated rings. The minimum Gasteiger partial charge on any atom is -0.395 e. The van der Waals surface area contributed by atoms with Crippen LogP contribution in [0, 0.1) is 18.3 Å². The van der Waals surface area contributed by atoms with Crippen LogP contribution in [0.25, 0.3) is 0 Å². The van der Waals surface area contributed by atoms with Crippen LogP contribution in [-0.4, -0.2) is 24.8 Å². The van der Waals surface area contributed by atoms with Gasteiger partial charge in [-0.1, -0.05) is 6.92 Å². The number of aryl methyl sites for hydroxylation is 1. The van der Waals surface area contributed by atoms with Crippen molar-refractivity contribution in [2.24, 2.45) is 0 Å². The first-order valence-electron chi connectivity index (χ1n) is 5.59. The number of rotatable bonds is 5. The second-order valence-corrected chi connectivity index (χ2v) is 3.82. The molecule has 0 bridgehead atoms. The molecule has 1 aromatic rings. The van der Waals surface area contributed by atoms with Crippen LogP contribution in [0.2, 0.25) is 0 Å². The number of hydrogen-bond donors (Lipinski definition) is 1. The van der Waals surface area contributed by atoms with Crippen LogP contribution < -0.4 is 4.90 Å². The van der Waals surface area contributed by atoms with E-state index in [0.29, 0.717) is 12.1 Å². The van der Waals surface area contributed by atoms with E-state index < -0.39 is 0 Å². The van der Waals surface area contributed by atoms with Crippen molar-refractivity contribution in [2.75, 3.05) is 24.6 Å². The third kappa shape index (κ3) is 2.98. The number of nitriles is 1. The lowest BCUT2D eigenvalue weighted by Gasteiger charge is -2.25. The highest BCUT2D eigenvalue weighted by Crippen LogP contribution is 2.21. The molecule has 1 aromatic carbocycles. The highest BCUT2D eigenvalue weighted by molar-refractivity contribution is 5.56. The highest BCUT2D eigenvalue weighted by Gasteiger charge is 2.08. The smallest absolute Gasteiger partial charge is 0.0991 e. The van der Waals surface area contributed by atoms with Gasteiger partial charge in [0.2, 0.25) is 0 Å². The minimum absolute atomic E-state index is 0.152. The highest BCUT2D eigenvalue weighted by atomic mass is 16.3. The molecular formula is C13H18N2O. The maximum absolute atomic E-state index is 9.02. The van der Waals surface area contributed by atoms with Gasteiger partial charge in [-0.3, -0.25) is 0 Å². The van der Waals surface area contributed by atoms with E-state index in [4.69, 9.17) is 10.4 Å². The van der Waals surface area contributed by atoms with Gasteiger partial charge in [0.05, 0.1) is 18.2 Å². The van der Waals surface area contributed by atoms with Crippen molar-refractivity contribution in [3.63, 3.8) is 0 Å². The van der Waals surface area contributed by atoms with E-state index in [1.807, 2.05) is 25.1 Å². The van der Waals surface area contributed by atoms with Gasteiger partial charge in [0.1, 0.15) is 0 Å². The summed E-state index contributed by atoms with van der Waals surface area (Å²) < 4.78 is 0. The standard InChI is InChI=1S/C13H18N2O/c1-3-6-15(7-8-16)13-5-4-12(10-14)9-11(13)2/h4-5,9,16H,3,6-8H2,1-2H3. The predicted octanol–water partition coefficient (Wildman–Crippen LogP) is 2.08. The Morgan fingerprint density at radius 2 is 2.12 bits per heavy atom. The van der Waals surface area contributed by atoms with E-state index in [1.54, 1.807) is 0 Å². The summed E-state index contributed by atoms with van der Waals surface area (Å²) in [5, 5.41) is 17.8. The van der Waals surface area contributed by atoms with Gasteiger partial charge in [0.25, 0.3) is 0 Å². The molecule has 0 heterocycles. The summed E-state index contributed by atoms with van der Waals surface area (Å²) >= 11 is 0. The zero-order chi connectivity index (χ0) is 12.0. The number of benzene rings is 1. The van der Waals surface area contributed by atoms with E-state index in [2.05, 4.69) is 17.9 Å². The monoisotopic (exact) mass is 218 g/mol. The fraction of sp³-hybridized carbons (Fsp3) is 0.462. The summed E-state index contributed by atoms with van der Waals surface area (Å²) in [6.45, 7) is 5.83. The second-order valence-electron chi connectivity index (χ2n) is 3.82. The molecule has 3 nitrogen and oxygen atoms in total. The quantitative estimate of drug-likeness (QED) is 0.823. The van der Waals surface area contributed by atoms with Crippen LogP contribution >= 0.6 is 0 Å². The van der Waals surface area contributed by atoms with Gasteiger partial charge in [0, 0.05) is 18.8 Å². The fourth-order valence-electron chi connectivity index (χ4n) is 1.82. The van der Waals surface area contributed by atoms with Crippen LogP contribution in [0.15, 0.2) is 18.2 Å². The van der Waals surface area contributed by atoms with Crippen molar-refractivity contribution < 1.29 is 5.11 Å². The van der Waals surface area contributed by atoms with Crippen molar-refractivity contribution in [1.82, 2.24) is 0 Å². The van der Waals surface area contributed by atoms with Gasteiger partial charge in [-0.2, -0.15) is 5.26 Å². The summed E-state index contributed by atoms with van der Waals surface area (Å²) in [5.74, 6) is 0. The van der Waals surface area contributed by atoms with Crippen molar-refractivity contribution in [3.05, 3.63) is 29.3 Å². The van der Waals surface area contributed by atoms with Crippen LogP contribution in [0.1, 0.15) is 24.5 Å². The molecule has 0 unspecified atom stereocenters. The van der Waals surface area contributed by atoms with Crippen LogP contribution in [0.5, 0.6) is 0 Å². The van der Waals surface area contributed by atoms with E-state index in [-0.39, 0.29) is 6.61 Å². The number of hydrogen-bond acceptors (Lipinski definition) is 3. The van der Waals surface area contributed by atoms with Gasteiger partial charge in [-0.25, -0.2) is 0 Å². The first-order chi connectivity index (χ1) is 7.72. The molecule has 0 aliphatic heterocycles. The number of anilines is 1. The Morgan fingerprint density at radius 1 is 1.38 bits per heavy atom. The van der Waals surface area contributed by atoms with Crippen LogP contribution in [-0.2, 0) is 0 Å². The summed E-state index contributed by atoms with van der Waals surface area (Å²) in [7, 11) is 0. The molecule has 0 spiro atoms. The summed E-state index contributed by atoms with van der Waals surface area (Å²) in [6.07, 6.45) is 1.04. The van der Waals surface area contributed by atoms with Crippen LogP contribution in [0.4, 0.5) is 5.69 Å². The molecule has 3 heteroatoms. The lowest BCUT2D eigenvalue weighted by atomic mass is 10.1. The zero-order valence-corrected chi connectivity index (χ0v) is 9.90. The minimum atomic E-state index is 0.152. The molecule has 0 saturated carbocycles. The molecule has 86 valence electrons. The van der Waals surface area contributed by atoms with Gasteiger partial charge in [-0.05, 0) is 37.1 Å². The molecule has 1 rings (SSSR count). The molecule has 0 aliphatic rings. The third-order valence-corrected chi connectivity index (χ3v) is 2.53. The number of aliphatic hydroxyl groups excluding tert-OH is 1. The van der Waals surface area contributed by atoms with Crippen molar-refractivity contribution in [2.45, 2.75) is 20.3 Å². The predicted molar refractivity (Wildman–Crippen MR) is 65.5 cm³/mol. The van der Waals surface area contributed by atoms with Gasteiger partial charge in [-0.15, -0.1) is 0 Å². The first kappa shape index (κ1) is 12.5. The Bertz CT molecular complexity index is 376. The Morgan fingerprint density at radius 3 is 2.62 bits per heavy atom. The molecule has 16 heavy (non-hydrogen) atoms. The van der Waals surface area contributed by atoms with Crippen molar-refractivity contribution in [1.29, 1.82) is 5.26 Å². The van der Waals surface area contributed by atoms with E-state index in [1.165, 1.54) is 0 Å². The molecule has 1 N–H and O–H groups in total. The lowest BCUT2D eigenvalue weighted by Crippen LogP contribution is -2.28. The zero-order valence-electron chi connectivity index (χ0n) is 9.90. The molecule has 0 aromatic heterocycles. The summed E-state index contributed by atoms with van der Waals surface area (Å²) in [5.41, 5.74) is 2.87. The fourth-order valence-corrected chi connectivity index (χ4v) is 1.82. The molecule has 0 amide bonds. The third-order valence-electron chi connectivity index (χ3n) is 2.53. The van der Waals surface area contributed by atoms with E-state index in [0.717, 1.165) is 24.2 Å². The Balaban J connectivity index is 2.96. The SMILES string of the molecule is CCCN(CCO)c1ccc(C#N)cc1C. The maximum Gasteiger partial charge on any atom is 0.0991 e. The number of nitrogens with zero attached hydrogens (tertiary/aromatic N) is 2. The maximum atomic E-state index is 9.02. The Hall–Kier alpha value is -1.53. The largest absolute Gasteiger partial charge is 0.395 e. The number of aliphatic hydroxyl groups is 1. The van der Waals surface area contributed by atoms with Gasteiger partial charge in [0.15, 0.2) is 0 Å². The Labute approximate surface area is 96.9 Å². The lowest BCUT2D eigenvalue weighted by molar-refractivity contribution is 0.302. The van der Waals surface area contributed by atoms with Crippen molar-refractivity contribution >= 4 is 5.69 Å². The summed E-state index contributed by atoms with van der Waals surface area (Å²) in [4.78, 5) is 2.15. The average Bonchev–Trinajstić information content (AvgIpc) is 2.29. The molecule has 0 saturated heterocycles. The molecule has 0 aliphatic carbocycles. The average molecular weight is 218 g/mol. The molecule has 0 atom stereocenters. The molecule has 0 radical (unpaired) electrons. The van der Waals surface area contributed by atoms with Gasteiger partial charge >= 0.3 is 0 Å². The van der Waals surface area contributed by atoms with Crippen LogP contribution in [0.3, 0.4) is 0 Å². The van der Waals surface area contributed by atoms with Gasteiger partial charge < -0.3 is 10.0 Å². The van der Waals surface area contributed by atoms with E-state index in [9.17, 15) is 0 Å². The second kappa shape index (κ2) is 6.14. The normalized spacial score (nSPS) is 9.88. The van der Waals surface area contributed by atoms with Crippen molar-refractivity contribution in [3.8, 4) is 6.07 Å². The topological polar surface area (TPSA) is 47.3 Å². The Kier molecular flexibility index (Phi) is 4.81. The summed E-state index contributed by atoms with van der Waals surface area (Å²) in [6, 6.07) is 7.79. The first-order valence-corrected chi connectivity index (χ1v) is 5.59. The molecular weight excluding hydrogens is 200 g/mol.